The van der Waals surface area contributed by atoms with Crippen molar-refractivity contribution in [2.24, 2.45) is 7.05 Å². The van der Waals surface area contributed by atoms with Crippen LogP contribution < -0.4 is 11.1 Å². The molecule has 3 aromatic heterocycles. The highest BCUT2D eigenvalue weighted by atomic mass is 32.1. The minimum Gasteiger partial charge on any atom is -0.397 e. The number of aromatic nitrogens is 3. The maximum absolute atomic E-state index is 12.4. The van der Waals surface area contributed by atoms with E-state index in [0.29, 0.717) is 16.3 Å². The van der Waals surface area contributed by atoms with E-state index in [9.17, 15) is 4.79 Å². The molecule has 0 saturated heterocycles. The second-order valence-electron chi connectivity index (χ2n) is 4.91. The number of carbonyl (C=O) groups excluding carboxylic acids is 1. The Morgan fingerprint density at radius 3 is 2.81 bits per heavy atom. The molecule has 21 heavy (non-hydrogen) atoms. The third-order valence-electron chi connectivity index (χ3n) is 3.31. The van der Waals surface area contributed by atoms with Crippen LogP contribution in [0.15, 0.2) is 18.5 Å². The number of nitrogens with zero attached hydrogens (tertiary/aromatic N) is 3. The number of fused-ring (bicyclic) bond motifs is 1. The van der Waals surface area contributed by atoms with Crippen molar-refractivity contribution in [1.82, 2.24) is 14.8 Å². The number of hydrogen-bond donors (Lipinski definition) is 2. The van der Waals surface area contributed by atoms with Crippen LogP contribution in [0.1, 0.15) is 20.9 Å². The van der Waals surface area contributed by atoms with Crippen LogP contribution in [0.3, 0.4) is 0 Å². The van der Waals surface area contributed by atoms with Gasteiger partial charge in [0.2, 0.25) is 0 Å². The van der Waals surface area contributed by atoms with Gasteiger partial charge in [-0.15, -0.1) is 11.3 Å². The van der Waals surface area contributed by atoms with Crippen LogP contribution in [0.2, 0.25) is 0 Å². The van der Waals surface area contributed by atoms with E-state index in [0.717, 1.165) is 21.5 Å². The van der Waals surface area contributed by atoms with E-state index >= 15 is 0 Å². The monoisotopic (exact) mass is 301 g/mol. The first-order valence-electron chi connectivity index (χ1n) is 6.42. The largest absolute Gasteiger partial charge is 0.397 e. The molecule has 7 heteroatoms. The summed E-state index contributed by atoms with van der Waals surface area (Å²) >= 11 is 1.30. The van der Waals surface area contributed by atoms with Crippen LogP contribution >= 0.6 is 11.3 Å². The van der Waals surface area contributed by atoms with Crippen molar-refractivity contribution >= 4 is 38.8 Å². The highest BCUT2D eigenvalue weighted by Gasteiger charge is 2.19. The lowest BCUT2D eigenvalue weighted by Gasteiger charge is -2.02. The Kier molecular flexibility index (Phi) is 3.13. The van der Waals surface area contributed by atoms with Crippen LogP contribution in [0.5, 0.6) is 0 Å². The van der Waals surface area contributed by atoms with Gasteiger partial charge >= 0.3 is 0 Å². The highest BCUT2D eigenvalue weighted by Crippen LogP contribution is 2.34. The summed E-state index contributed by atoms with van der Waals surface area (Å²) in [6, 6.07) is 1.89. The Labute approximate surface area is 125 Å². The molecule has 1 amide bonds. The third kappa shape index (κ3) is 2.25. The Balaban J connectivity index is 2.00. The summed E-state index contributed by atoms with van der Waals surface area (Å²) in [5.74, 6) is -0.231. The zero-order valence-corrected chi connectivity index (χ0v) is 12.8. The molecule has 6 nitrogen and oxygen atoms in total. The standard InChI is InChI=1S/C14H15N5OS/c1-7-4-5-16-14-10(7)11(15)12(21-14)13(20)17-9-6-19(3)18-8(9)2/h4-6H,15H2,1-3H3,(H,17,20). The van der Waals surface area contributed by atoms with E-state index in [2.05, 4.69) is 15.4 Å². The summed E-state index contributed by atoms with van der Waals surface area (Å²) < 4.78 is 1.66. The Hall–Kier alpha value is -2.41. The Morgan fingerprint density at radius 2 is 2.19 bits per heavy atom. The Morgan fingerprint density at radius 1 is 1.43 bits per heavy atom. The van der Waals surface area contributed by atoms with Crippen molar-refractivity contribution in [2.75, 3.05) is 11.1 Å². The average Bonchev–Trinajstić information content (AvgIpc) is 2.91. The number of pyridine rings is 1. The second-order valence-corrected chi connectivity index (χ2v) is 5.91. The fourth-order valence-electron chi connectivity index (χ4n) is 2.27. The van der Waals surface area contributed by atoms with Gasteiger partial charge in [-0.05, 0) is 25.5 Å². The fourth-order valence-corrected chi connectivity index (χ4v) is 3.31. The molecule has 0 unspecified atom stereocenters. The molecule has 0 spiro atoms. The topological polar surface area (TPSA) is 85.8 Å². The van der Waals surface area contributed by atoms with Crippen molar-refractivity contribution < 1.29 is 4.79 Å². The predicted octanol–water partition coefficient (Wildman–Crippen LogP) is 2.48. The summed E-state index contributed by atoms with van der Waals surface area (Å²) in [4.78, 5) is 18.0. The summed E-state index contributed by atoms with van der Waals surface area (Å²) in [7, 11) is 1.81. The van der Waals surface area contributed by atoms with E-state index in [1.165, 1.54) is 11.3 Å². The molecule has 108 valence electrons. The minimum absolute atomic E-state index is 0.231. The van der Waals surface area contributed by atoms with Gasteiger partial charge in [0.15, 0.2) is 0 Å². The van der Waals surface area contributed by atoms with Crippen molar-refractivity contribution in [1.29, 1.82) is 0 Å². The quantitative estimate of drug-likeness (QED) is 0.761. The van der Waals surface area contributed by atoms with Gasteiger partial charge < -0.3 is 11.1 Å². The number of nitrogen functional groups attached to an aromatic ring is 1. The van der Waals surface area contributed by atoms with Gasteiger partial charge in [0, 0.05) is 24.8 Å². The van der Waals surface area contributed by atoms with Crippen LogP contribution in [0, 0.1) is 13.8 Å². The van der Waals surface area contributed by atoms with Crippen LogP contribution in [0.25, 0.3) is 10.2 Å². The maximum atomic E-state index is 12.4. The van der Waals surface area contributed by atoms with E-state index in [1.807, 2.05) is 27.0 Å². The molecule has 0 bridgehead atoms. The number of aryl methyl sites for hydroxylation is 3. The highest BCUT2D eigenvalue weighted by molar-refractivity contribution is 7.21. The zero-order valence-electron chi connectivity index (χ0n) is 12.0. The molecule has 3 aromatic rings. The number of anilines is 2. The fraction of sp³-hybridized carbons (Fsp3) is 0.214. The molecule has 0 aromatic carbocycles. The van der Waals surface area contributed by atoms with Crippen LogP contribution in [-0.2, 0) is 7.05 Å². The van der Waals surface area contributed by atoms with Gasteiger partial charge in [-0.1, -0.05) is 0 Å². The van der Waals surface area contributed by atoms with Gasteiger partial charge in [-0.3, -0.25) is 9.48 Å². The predicted molar refractivity (Wildman–Crippen MR) is 84.7 cm³/mol. The van der Waals surface area contributed by atoms with Crippen molar-refractivity contribution in [3.8, 4) is 0 Å². The van der Waals surface area contributed by atoms with Crippen LogP contribution in [0.4, 0.5) is 11.4 Å². The molecule has 0 atom stereocenters. The smallest absolute Gasteiger partial charge is 0.268 e. The first-order chi connectivity index (χ1) is 9.97. The molecule has 3 rings (SSSR count). The molecular weight excluding hydrogens is 286 g/mol. The van der Waals surface area contributed by atoms with E-state index in [4.69, 9.17) is 5.73 Å². The Bertz CT molecular complexity index is 849. The van der Waals surface area contributed by atoms with E-state index in [-0.39, 0.29) is 5.91 Å². The number of nitrogens with one attached hydrogen (secondary N) is 1. The van der Waals surface area contributed by atoms with Crippen molar-refractivity contribution in [3.63, 3.8) is 0 Å². The lowest BCUT2D eigenvalue weighted by molar-refractivity contribution is 0.103. The normalized spacial score (nSPS) is 11.0. The average molecular weight is 301 g/mol. The van der Waals surface area contributed by atoms with Crippen LogP contribution in [-0.4, -0.2) is 20.7 Å². The summed E-state index contributed by atoms with van der Waals surface area (Å²) in [6.07, 6.45) is 3.49. The van der Waals surface area contributed by atoms with Gasteiger partial charge in [-0.25, -0.2) is 4.98 Å². The molecule has 0 radical (unpaired) electrons. The number of carbonyl (C=O) groups is 1. The lowest BCUT2D eigenvalue weighted by atomic mass is 10.2. The van der Waals surface area contributed by atoms with E-state index < -0.39 is 0 Å². The summed E-state index contributed by atoms with van der Waals surface area (Å²) in [5.41, 5.74) is 9.08. The second kappa shape index (κ2) is 4.85. The van der Waals surface area contributed by atoms with Crippen molar-refractivity contribution in [2.45, 2.75) is 13.8 Å². The molecule has 0 aliphatic carbocycles. The number of rotatable bonds is 2. The maximum Gasteiger partial charge on any atom is 0.268 e. The molecule has 0 aliphatic heterocycles. The lowest BCUT2D eigenvalue weighted by Crippen LogP contribution is -2.12. The number of thiophene rings is 1. The summed E-state index contributed by atoms with van der Waals surface area (Å²) in [5, 5.41) is 7.90. The number of nitrogens with two attached hydrogens (primary N) is 1. The summed E-state index contributed by atoms with van der Waals surface area (Å²) in [6.45, 7) is 3.80. The van der Waals surface area contributed by atoms with Gasteiger partial charge in [0.25, 0.3) is 5.91 Å². The molecule has 0 fully saturated rings. The molecule has 0 saturated carbocycles. The molecular formula is C14H15N5OS. The number of amides is 1. The van der Waals surface area contributed by atoms with Gasteiger partial charge in [0.1, 0.15) is 9.71 Å². The first kappa shape index (κ1) is 13.6. The molecule has 3 heterocycles. The van der Waals surface area contributed by atoms with Gasteiger partial charge in [-0.2, -0.15) is 5.10 Å². The zero-order chi connectivity index (χ0) is 15.1. The minimum atomic E-state index is -0.231. The SMILES string of the molecule is Cc1nn(C)cc1NC(=O)c1sc2nccc(C)c2c1N. The van der Waals surface area contributed by atoms with Gasteiger partial charge in [0.05, 0.1) is 17.1 Å². The molecule has 3 N–H and O–H groups in total. The van der Waals surface area contributed by atoms with Crippen molar-refractivity contribution in [3.05, 3.63) is 34.6 Å². The third-order valence-corrected chi connectivity index (χ3v) is 4.42. The molecule has 0 aliphatic rings. The first-order valence-corrected chi connectivity index (χ1v) is 7.24. The van der Waals surface area contributed by atoms with E-state index in [1.54, 1.807) is 17.1 Å². The number of hydrogen-bond acceptors (Lipinski definition) is 5.